The van der Waals surface area contributed by atoms with E-state index in [9.17, 15) is 9.59 Å². The number of hydrogen-bond donors (Lipinski definition) is 0. The number of aldehydes is 2. The van der Waals surface area contributed by atoms with Crippen molar-refractivity contribution in [3.05, 3.63) is 193 Å². The molecule has 0 heterocycles. The molecule has 0 fully saturated rings. The molecule has 0 aliphatic heterocycles. The van der Waals surface area contributed by atoms with Crippen LogP contribution in [-0.2, 0) is 0 Å². The summed E-state index contributed by atoms with van der Waals surface area (Å²) in [5, 5.41) is 15.7. The Kier molecular flexibility index (Phi) is 6.97. The van der Waals surface area contributed by atoms with Crippen molar-refractivity contribution in [2.24, 2.45) is 0 Å². The van der Waals surface area contributed by atoms with E-state index >= 15 is 0 Å². The van der Waals surface area contributed by atoms with E-state index < -0.39 is 0 Å². The molecule has 0 saturated heterocycles. The zero-order valence-corrected chi connectivity index (χ0v) is 31.3. The first-order valence-corrected chi connectivity index (χ1v) is 19.8. The minimum atomic E-state index is 0.689. The lowest BCUT2D eigenvalue weighted by Crippen LogP contribution is -1.96. The summed E-state index contributed by atoms with van der Waals surface area (Å²) in [6.45, 7) is 0. The molecule has 12 aromatic rings. The highest BCUT2D eigenvalue weighted by Gasteiger charge is 2.31. The minimum Gasteiger partial charge on any atom is -0.298 e. The number of fused-ring (bicyclic) bond motifs is 7. The second-order valence-corrected chi connectivity index (χ2v) is 15.3. The molecule has 0 saturated carbocycles. The second-order valence-electron chi connectivity index (χ2n) is 15.3. The molecular formula is C56H32O2. The molecule has 2 heteroatoms. The maximum atomic E-state index is 12.6. The summed E-state index contributed by atoms with van der Waals surface area (Å²) in [4.78, 5) is 25.2. The van der Waals surface area contributed by atoms with Crippen molar-refractivity contribution in [3.63, 3.8) is 0 Å². The number of hydrogen-bond acceptors (Lipinski definition) is 2. The van der Waals surface area contributed by atoms with Crippen LogP contribution < -0.4 is 0 Å². The highest BCUT2D eigenvalue weighted by Crippen LogP contribution is 2.59. The van der Waals surface area contributed by atoms with Gasteiger partial charge in [-0.05, 0) is 120 Å². The van der Waals surface area contributed by atoms with Crippen molar-refractivity contribution in [2.75, 3.05) is 0 Å². The third-order valence-corrected chi connectivity index (χ3v) is 12.5. The standard InChI is InChI=1S/C56H32O2/c57-31-37-27-29-43-49-39(37)23-13-25-41(49)51-45(33-15-5-1-6-16-33)55-47(35-19-9-3-10-20-35)54-44-30-28-38(32-58)40-24-14-26-42(50(40)44)52(54)46(34-17-7-2-8-18-34)56(55)48(53(43)51)36-21-11-4-12-22-36/h1-32H. The van der Waals surface area contributed by atoms with Crippen molar-refractivity contribution >= 4 is 88.0 Å². The quantitative estimate of drug-likeness (QED) is 0.159. The van der Waals surface area contributed by atoms with Crippen molar-refractivity contribution in [2.45, 2.75) is 0 Å². The van der Waals surface area contributed by atoms with Gasteiger partial charge in [0.05, 0.1) is 0 Å². The Hall–Kier alpha value is -7.68. The van der Waals surface area contributed by atoms with E-state index in [4.69, 9.17) is 0 Å². The van der Waals surface area contributed by atoms with E-state index in [0.29, 0.717) is 11.1 Å². The Labute approximate surface area is 333 Å². The van der Waals surface area contributed by atoms with E-state index in [0.717, 1.165) is 100 Å². The molecule has 2 nitrogen and oxygen atoms in total. The first kappa shape index (κ1) is 32.6. The van der Waals surface area contributed by atoms with Crippen molar-refractivity contribution < 1.29 is 9.59 Å². The second kappa shape index (κ2) is 12.4. The summed E-state index contributed by atoms with van der Waals surface area (Å²) in [6.07, 6.45) is 1.97. The molecule has 58 heavy (non-hydrogen) atoms. The maximum Gasteiger partial charge on any atom is 0.150 e. The average Bonchev–Trinajstić information content (AvgIpc) is 3.80. The van der Waals surface area contributed by atoms with Gasteiger partial charge in [-0.15, -0.1) is 0 Å². The molecule has 0 aromatic heterocycles. The minimum absolute atomic E-state index is 0.689. The molecule has 0 aliphatic carbocycles. The van der Waals surface area contributed by atoms with Crippen LogP contribution in [0.25, 0.3) is 120 Å². The Morgan fingerprint density at radius 3 is 0.793 bits per heavy atom. The lowest BCUT2D eigenvalue weighted by Gasteiger charge is -2.24. The van der Waals surface area contributed by atoms with E-state index in [2.05, 4.69) is 170 Å². The van der Waals surface area contributed by atoms with Gasteiger partial charge in [0.25, 0.3) is 0 Å². The van der Waals surface area contributed by atoms with Gasteiger partial charge in [0, 0.05) is 11.1 Å². The maximum absolute atomic E-state index is 12.6. The molecule has 0 radical (unpaired) electrons. The van der Waals surface area contributed by atoms with Gasteiger partial charge >= 0.3 is 0 Å². The van der Waals surface area contributed by atoms with Crippen molar-refractivity contribution in [3.8, 4) is 44.5 Å². The molecule has 0 unspecified atom stereocenters. The first-order valence-electron chi connectivity index (χ1n) is 19.8. The summed E-state index contributed by atoms with van der Waals surface area (Å²) in [6, 6.07) is 64.6. The molecule has 0 aliphatic rings. The third kappa shape index (κ3) is 4.32. The predicted octanol–water partition coefficient (Wildman–Crippen LogP) is 14.9. The fourth-order valence-electron chi connectivity index (χ4n) is 10.3. The van der Waals surface area contributed by atoms with Crippen LogP contribution in [-0.4, -0.2) is 12.6 Å². The Morgan fingerprint density at radius 2 is 0.500 bits per heavy atom. The molecule has 0 spiro atoms. The van der Waals surface area contributed by atoms with Gasteiger partial charge in [0.15, 0.2) is 12.6 Å². The zero-order valence-electron chi connectivity index (χ0n) is 31.3. The van der Waals surface area contributed by atoms with Gasteiger partial charge in [0.1, 0.15) is 0 Å². The fourth-order valence-corrected chi connectivity index (χ4v) is 10.3. The molecule has 268 valence electrons. The van der Waals surface area contributed by atoms with Gasteiger partial charge < -0.3 is 0 Å². The molecular weight excluding hydrogens is 705 g/mol. The zero-order chi connectivity index (χ0) is 38.5. The van der Waals surface area contributed by atoms with Crippen LogP contribution in [0.4, 0.5) is 0 Å². The number of carbonyl (C=O) groups excluding carboxylic acids is 2. The molecule has 12 rings (SSSR count). The number of rotatable bonds is 6. The topological polar surface area (TPSA) is 34.1 Å². The van der Waals surface area contributed by atoms with Gasteiger partial charge in [-0.1, -0.05) is 182 Å². The van der Waals surface area contributed by atoms with Gasteiger partial charge in [0.2, 0.25) is 0 Å². The third-order valence-electron chi connectivity index (χ3n) is 12.5. The Morgan fingerprint density at radius 1 is 0.224 bits per heavy atom. The van der Waals surface area contributed by atoms with E-state index in [1.807, 2.05) is 12.1 Å². The number of carbonyl (C=O) groups is 2. The van der Waals surface area contributed by atoms with E-state index in [1.165, 1.54) is 32.3 Å². The Bertz CT molecular complexity index is 3210. The van der Waals surface area contributed by atoms with Gasteiger partial charge in [-0.3, -0.25) is 9.59 Å². The van der Waals surface area contributed by atoms with E-state index in [-0.39, 0.29) is 0 Å². The lowest BCUT2D eigenvalue weighted by molar-refractivity contribution is 0.111. The average molecular weight is 737 g/mol. The van der Waals surface area contributed by atoms with Crippen LogP contribution in [0.3, 0.4) is 0 Å². The van der Waals surface area contributed by atoms with Gasteiger partial charge in [-0.25, -0.2) is 0 Å². The highest BCUT2D eigenvalue weighted by atomic mass is 16.1. The summed E-state index contributed by atoms with van der Waals surface area (Å²) in [5.41, 5.74) is 10.5. The van der Waals surface area contributed by atoms with Crippen LogP contribution in [0.15, 0.2) is 182 Å². The monoisotopic (exact) mass is 736 g/mol. The molecule has 0 bridgehead atoms. The van der Waals surface area contributed by atoms with Gasteiger partial charge in [-0.2, -0.15) is 0 Å². The molecule has 12 aromatic carbocycles. The summed E-state index contributed by atoms with van der Waals surface area (Å²) in [5.74, 6) is 0. The lowest BCUT2D eigenvalue weighted by atomic mass is 9.78. The highest BCUT2D eigenvalue weighted by molar-refractivity contribution is 6.47. The number of benzene rings is 10. The van der Waals surface area contributed by atoms with Crippen molar-refractivity contribution in [1.29, 1.82) is 0 Å². The normalized spacial score (nSPS) is 11.9. The van der Waals surface area contributed by atoms with Crippen LogP contribution in [0.5, 0.6) is 0 Å². The molecule has 0 N–H and O–H groups in total. The summed E-state index contributed by atoms with van der Waals surface area (Å²) >= 11 is 0. The van der Waals surface area contributed by atoms with Crippen LogP contribution in [0.2, 0.25) is 0 Å². The van der Waals surface area contributed by atoms with E-state index in [1.54, 1.807) is 0 Å². The summed E-state index contributed by atoms with van der Waals surface area (Å²) in [7, 11) is 0. The predicted molar refractivity (Wildman–Crippen MR) is 244 cm³/mol. The summed E-state index contributed by atoms with van der Waals surface area (Å²) < 4.78 is 0. The first-order chi connectivity index (χ1) is 28.8. The van der Waals surface area contributed by atoms with Crippen molar-refractivity contribution in [1.82, 2.24) is 0 Å². The fraction of sp³-hybridized carbons (Fsp3) is 0. The van der Waals surface area contributed by atoms with Crippen LogP contribution in [0, 0.1) is 0 Å². The Balaban J connectivity index is 1.53. The largest absolute Gasteiger partial charge is 0.298 e. The molecule has 0 amide bonds. The SMILES string of the molecule is O=Cc1ccc2c3c(-c4ccccc4)c4c(-c5ccccc5)c5c6cccc7c(C=O)ccc(c5c(-c5ccccc5)c4c(-c4ccccc4)c3c3cccc1c32)c76. The smallest absolute Gasteiger partial charge is 0.150 e. The van der Waals surface area contributed by atoms with Crippen LogP contribution in [0.1, 0.15) is 20.7 Å². The molecule has 0 atom stereocenters. The van der Waals surface area contributed by atoms with Crippen LogP contribution >= 0.6 is 0 Å².